The van der Waals surface area contributed by atoms with Crippen LogP contribution in [0.15, 0.2) is 9.05 Å². The summed E-state index contributed by atoms with van der Waals surface area (Å²) in [5, 5.41) is 8.11. The molecular formula is C17H32N6O2+2. The van der Waals surface area contributed by atoms with E-state index in [4.69, 9.17) is 20.5 Å². The lowest BCUT2D eigenvalue weighted by molar-refractivity contribution is -0.778. The van der Waals surface area contributed by atoms with Crippen molar-refractivity contribution in [1.29, 1.82) is 0 Å². The smallest absolute Gasteiger partial charge is 0.297 e. The van der Waals surface area contributed by atoms with E-state index >= 15 is 0 Å². The molecule has 0 saturated heterocycles. The first kappa shape index (κ1) is 19.2. The van der Waals surface area contributed by atoms with Crippen molar-refractivity contribution in [2.45, 2.75) is 84.7 Å². The first-order valence-corrected chi connectivity index (χ1v) is 9.45. The molecule has 0 aliphatic heterocycles. The van der Waals surface area contributed by atoms with Gasteiger partial charge in [-0.3, -0.25) is 9.05 Å². The van der Waals surface area contributed by atoms with Crippen molar-refractivity contribution >= 4 is 11.8 Å². The van der Waals surface area contributed by atoms with Gasteiger partial charge in [0.05, 0.1) is 0 Å². The third kappa shape index (κ3) is 5.44. The number of aromatic nitrogens is 4. The maximum Gasteiger partial charge on any atom is 0.297 e. The fraction of sp³-hybridized carbons (Fsp3) is 0.765. The largest absolute Gasteiger partial charge is 0.362 e. The maximum atomic E-state index is 5.98. The summed E-state index contributed by atoms with van der Waals surface area (Å²) in [5.41, 5.74) is 13.6. The summed E-state index contributed by atoms with van der Waals surface area (Å²) in [7, 11) is 0. The molecule has 0 saturated carbocycles. The standard InChI is InChI=1S/C17H32N6O2/c1-3-5-7-9-11-22-14(16(18)24-20-22)13-15-17(19)25-21-23(15)12-10-8-6-4-2/h3-13,18-19H2,1-2H3/q+2. The van der Waals surface area contributed by atoms with Gasteiger partial charge in [0.1, 0.15) is 6.42 Å². The molecule has 4 N–H and O–H groups in total. The molecule has 0 unspecified atom stereocenters. The van der Waals surface area contributed by atoms with E-state index in [2.05, 4.69) is 24.4 Å². The number of nitrogen functional groups attached to an aromatic ring is 2. The molecule has 0 radical (unpaired) electrons. The van der Waals surface area contributed by atoms with Crippen molar-refractivity contribution in [1.82, 2.24) is 10.5 Å². The van der Waals surface area contributed by atoms with E-state index < -0.39 is 0 Å². The van der Waals surface area contributed by atoms with Crippen molar-refractivity contribution < 1.29 is 18.4 Å². The van der Waals surface area contributed by atoms with E-state index in [-0.39, 0.29) is 0 Å². The molecule has 0 bridgehead atoms. The predicted molar refractivity (Wildman–Crippen MR) is 93.3 cm³/mol. The lowest BCUT2D eigenvalue weighted by Gasteiger charge is -1.96. The SMILES string of the molecule is CCCCCC[n+]1noc(N)c1Cc1c(N)on[n+]1CCCCCC. The Morgan fingerprint density at radius 2 is 1.16 bits per heavy atom. The Morgan fingerprint density at radius 3 is 1.56 bits per heavy atom. The van der Waals surface area contributed by atoms with Gasteiger partial charge in [0.15, 0.2) is 13.1 Å². The molecule has 8 nitrogen and oxygen atoms in total. The third-order valence-electron chi connectivity index (χ3n) is 4.45. The Bertz CT molecular complexity index is 583. The van der Waals surface area contributed by atoms with Crippen LogP contribution in [0.1, 0.15) is 76.6 Å². The first-order chi connectivity index (χ1) is 12.2. The van der Waals surface area contributed by atoms with Crippen LogP contribution in [0, 0.1) is 0 Å². The van der Waals surface area contributed by atoms with Crippen LogP contribution < -0.4 is 20.8 Å². The van der Waals surface area contributed by atoms with Crippen LogP contribution in [0.2, 0.25) is 0 Å². The van der Waals surface area contributed by atoms with E-state index in [1.165, 1.54) is 38.5 Å². The number of hydrogen-bond acceptors (Lipinski definition) is 6. The molecule has 0 atom stereocenters. The molecule has 0 amide bonds. The Labute approximate surface area is 149 Å². The molecule has 0 aliphatic carbocycles. The second-order valence-corrected chi connectivity index (χ2v) is 6.51. The van der Waals surface area contributed by atoms with Crippen LogP contribution in [-0.4, -0.2) is 10.5 Å². The highest BCUT2D eigenvalue weighted by Gasteiger charge is 2.31. The molecule has 8 heteroatoms. The Kier molecular flexibility index (Phi) is 7.69. The van der Waals surface area contributed by atoms with Crippen LogP contribution in [-0.2, 0) is 19.5 Å². The summed E-state index contributed by atoms with van der Waals surface area (Å²) in [5.74, 6) is 0.655. The lowest BCUT2D eigenvalue weighted by atomic mass is 10.2. The number of nitrogens with zero attached hydrogens (tertiary/aromatic N) is 4. The quantitative estimate of drug-likeness (QED) is 0.447. The summed E-state index contributed by atoms with van der Waals surface area (Å²) in [6.45, 7) is 5.97. The summed E-state index contributed by atoms with van der Waals surface area (Å²) in [6, 6.07) is 0. The van der Waals surface area contributed by atoms with E-state index in [0.717, 1.165) is 37.3 Å². The van der Waals surface area contributed by atoms with Gasteiger partial charge in [0.2, 0.25) is 10.5 Å². The molecule has 2 aromatic heterocycles. The monoisotopic (exact) mass is 352 g/mol. The van der Waals surface area contributed by atoms with Gasteiger partial charge in [-0.2, -0.15) is 0 Å². The number of nitrogens with two attached hydrogens (primary N) is 2. The molecule has 25 heavy (non-hydrogen) atoms. The average molecular weight is 352 g/mol. The Morgan fingerprint density at radius 1 is 0.720 bits per heavy atom. The zero-order chi connectivity index (χ0) is 18.1. The molecular weight excluding hydrogens is 320 g/mol. The van der Waals surface area contributed by atoms with E-state index in [1.54, 1.807) is 0 Å². The van der Waals surface area contributed by atoms with Crippen LogP contribution >= 0.6 is 0 Å². The van der Waals surface area contributed by atoms with Gasteiger partial charge in [-0.05, 0) is 22.2 Å². The van der Waals surface area contributed by atoms with Crippen molar-refractivity contribution in [2.24, 2.45) is 0 Å². The van der Waals surface area contributed by atoms with E-state index in [9.17, 15) is 0 Å². The molecule has 0 aromatic carbocycles. The highest BCUT2D eigenvalue weighted by atomic mass is 16.5. The predicted octanol–water partition coefficient (Wildman–Crippen LogP) is 2.15. The highest BCUT2D eigenvalue weighted by molar-refractivity contribution is 5.34. The molecule has 2 heterocycles. The number of rotatable bonds is 12. The van der Waals surface area contributed by atoms with Crippen molar-refractivity contribution in [3.63, 3.8) is 0 Å². The Balaban J connectivity index is 2.04. The molecule has 0 spiro atoms. The first-order valence-electron chi connectivity index (χ1n) is 9.45. The number of hydrogen-bond donors (Lipinski definition) is 2. The van der Waals surface area contributed by atoms with Crippen molar-refractivity contribution in [2.75, 3.05) is 11.5 Å². The van der Waals surface area contributed by atoms with Crippen molar-refractivity contribution in [3.05, 3.63) is 11.4 Å². The van der Waals surface area contributed by atoms with Crippen LogP contribution in [0.25, 0.3) is 0 Å². The average Bonchev–Trinajstić information content (AvgIpc) is 3.13. The third-order valence-corrected chi connectivity index (χ3v) is 4.45. The molecule has 0 fully saturated rings. The maximum absolute atomic E-state index is 5.98. The van der Waals surface area contributed by atoms with Gasteiger partial charge in [-0.15, -0.1) is 0 Å². The van der Waals surface area contributed by atoms with E-state index in [1.807, 2.05) is 9.36 Å². The minimum Gasteiger partial charge on any atom is -0.362 e. The summed E-state index contributed by atoms with van der Waals surface area (Å²) < 4.78 is 14.0. The summed E-state index contributed by atoms with van der Waals surface area (Å²) in [4.78, 5) is 0. The second kappa shape index (κ2) is 10.0. The van der Waals surface area contributed by atoms with Crippen LogP contribution in [0.5, 0.6) is 0 Å². The fourth-order valence-corrected chi connectivity index (χ4v) is 2.89. The zero-order valence-corrected chi connectivity index (χ0v) is 15.5. The number of anilines is 2. The van der Waals surface area contributed by atoms with Gasteiger partial charge in [-0.25, -0.2) is 0 Å². The van der Waals surface area contributed by atoms with Crippen molar-refractivity contribution in [3.8, 4) is 0 Å². The molecule has 140 valence electrons. The van der Waals surface area contributed by atoms with Crippen LogP contribution in [0.4, 0.5) is 11.8 Å². The van der Waals surface area contributed by atoms with Gasteiger partial charge < -0.3 is 11.5 Å². The molecule has 2 rings (SSSR count). The summed E-state index contributed by atoms with van der Waals surface area (Å²) >= 11 is 0. The topological polar surface area (TPSA) is 112 Å². The minimum atomic E-state index is 0.327. The van der Waals surface area contributed by atoms with Gasteiger partial charge in [-0.1, -0.05) is 39.5 Å². The normalized spacial score (nSPS) is 11.3. The fourth-order valence-electron chi connectivity index (χ4n) is 2.89. The lowest BCUT2D eigenvalue weighted by Crippen LogP contribution is -2.43. The highest BCUT2D eigenvalue weighted by Crippen LogP contribution is 2.15. The Hall–Kier alpha value is -2.12. The van der Waals surface area contributed by atoms with Gasteiger partial charge >= 0.3 is 0 Å². The minimum absolute atomic E-state index is 0.327. The van der Waals surface area contributed by atoms with Gasteiger partial charge in [0.25, 0.3) is 23.2 Å². The number of unbranched alkanes of at least 4 members (excludes halogenated alkanes) is 6. The number of aryl methyl sites for hydroxylation is 2. The molecule has 2 aromatic rings. The van der Waals surface area contributed by atoms with Gasteiger partial charge in [0, 0.05) is 12.8 Å². The second-order valence-electron chi connectivity index (χ2n) is 6.51. The van der Waals surface area contributed by atoms with E-state index in [0.29, 0.717) is 18.2 Å². The zero-order valence-electron chi connectivity index (χ0n) is 15.5. The van der Waals surface area contributed by atoms with Crippen LogP contribution in [0.3, 0.4) is 0 Å². The molecule has 0 aliphatic rings. The summed E-state index contributed by atoms with van der Waals surface area (Å²) in [6.07, 6.45) is 9.79.